The van der Waals surface area contributed by atoms with Crippen molar-refractivity contribution in [1.29, 1.82) is 0 Å². The maximum Gasteiger partial charge on any atom is 0.303 e. The molecule has 2 N–H and O–H groups in total. The molecule has 0 aliphatic carbocycles. The van der Waals surface area contributed by atoms with E-state index < -0.39 is 5.97 Å². The number of carbonyl (C=O) groups excluding carboxylic acids is 1. The predicted molar refractivity (Wildman–Crippen MR) is 60.2 cm³/mol. The second-order valence-electron chi connectivity index (χ2n) is 3.99. The summed E-state index contributed by atoms with van der Waals surface area (Å²) in [6.07, 6.45) is 1.69. The third-order valence-electron chi connectivity index (χ3n) is 2.38. The van der Waals surface area contributed by atoms with Gasteiger partial charge in [0, 0.05) is 26.0 Å². The van der Waals surface area contributed by atoms with Crippen molar-refractivity contribution >= 4 is 11.9 Å². The summed E-state index contributed by atoms with van der Waals surface area (Å²) in [7, 11) is 1.61. The molecule has 5 nitrogen and oxygen atoms in total. The summed E-state index contributed by atoms with van der Waals surface area (Å²) in [5.41, 5.74) is 0. The largest absolute Gasteiger partial charge is 0.481 e. The first-order valence-corrected chi connectivity index (χ1v) is 5.49. The molecule has 1 amide bonds. The number of hydrogen-bond acceptors (Lipinski definition) is 3. The first kappa shape index (κ1) is 14.9. The van der Waals surface area contributed by atoms with Crippen LogP contribution in [0.15, 0.2) is 0 Å². The standard InChI is InChI=1S/C11H21NO4/c1-8(4-7-11(14)15)12-10(13)6-5-9(2)16-3/h8-9H,4-7H2,1-3H3,(H,12,13)(H,14,15). The van der Waals surface area contributed by atoms with E-state index >= 15 is 0 Å². The fourth-order valence-electron chi connectivity index (χ4n) is 1.21. The number of rotatable bonds is 8. The van der Waals surface area contributed by atoms with Gasteiger partial charge in [-0.15, -0.1) is 0 Å². The molecule has 0 aliphatic heterocycles. The van der Waals surface area contributed by atoms with Gasteiger partial charge in [0.2, 0.25) is 5.91 Å². The van der Waals surface area contributed by atoms with E-state index in [4.69, 9.17) is 9.84 Å². The van der Waals surface area contributed by atoms with Crippen LogP contribution in [0.25, 0.3) is 0 Å². The minimum atomic E-state index is -0.839. The number of methoxy groups -OCH3 is 1. The molecule has 0 bridgehead atoms. The van der Waals surface area contributed by atoms with E-state index in [9.17, 15) is 9.59 Å². The van der Waals surface area contributed by atoms with Crippen molar-refractivity contribution in [2.24, 2.45) is 0 Å². The first-order valence-electron chi connectivity index (χ1n) is 5.49. The van der Waals surface area contributed by atoms with E-state index in [1.54, 1.807) is 14.0 Å². The molecular formula is C11H21NO4. The summed E-state index contributed by atoms with van der Waals surface area (Å²) in [5.74, 6) is -0.893. The van der Waals surface area contributed by atoms with Gasteiger partial charge in [0.25, 0.3) is 0 Å². The van der Waals surface area contributed by atoms with Gasteiger partial charge in [0.1, 0.15) is 0 Å². The molecule has 0 aromatic rings. The van der Waals surface area contributed by atoms with Crippen LogP contribution in [-0.4, -0.2) is 36.2 Å². The van der Waals surface area contributed by atoms with Gasteiger partial charge in [0.15, 0.2) is 0 Å². The van der Waals surface area contributed by atoms with Gasteiger partial charge in [0.05, 0.1) is 6.10 Å². The molecule has 0 rings (SSSR count). The van der Waals surface area contributed by atoms with Crippen LogP contribution in [0, 0.1) is 0 Å². The molecular weight excluding hydrogens is 210 g/mol. The molecule has 0 spiro atoms. The Morgan fingerprint density at radius 2 is 1.88 bits per heavy atom. The van der Waals surface area contributed by atoms with Gasteiger partial charge < -0.3 is 15.2 Å². The lowest BCUT2D eigenvalue weighted by atomic mass is 10.1. The summed E-state index contributed by atoms with van der Waals surface area (Å²) < 4.78 is 5.03. The highest BCUT2D eigenvalue weighted by Gasteiger charge is 2.10. The molecule has 0 saturated carbocycles. The van der Waals surface area contributed by atoms with E-state index in [0.717, 1.165) is 0 Å². The van der Waals surface area contributed by atoms with Crippen LogP contribution in [0.3, 0.4) is 0 Å². The zero-order valence-corrected chi connectivity index (χ0v) is 10.2. The zero-order valence-electron chi connectivity index (χ0n) is 10.2. The van der Waals surface area contributed by atoms with E-state index in [1.807, 2.05) is 6.92 Å². The van der Waals surface area contributed by atoms with Crippen molar-refractivity contribution in [3.63, 3.8) is 0 Å². The van der Waals surface area contributed by atoms with Crippen molar-refractivity contribution in [2.75, 3.05) is 7.11 Å². The number of hydrogen-bond donors (Lipinski definition) is 2. The van der Waals surface area contributed by atoms with Crippen molar-refractivity contribution in [2.45, 2.75) is 51.7 Å². The van der Waals surface area contributed by atoms with E-state index in [-0.39, 0.29) is 24.5 Å². The van der Waals surface area contributed by atoms with Gasteiger partial charge in [-0.05, 0) is 26.7 Å². The quantitative estimate of drug-likeness (QED) is 0.657. The van der Waals surface area contributed by atoms with Gasteiger partial charge in [-0.25, -0.2) is 0 Å². The fraction of sp³-hybridized carbons (Fsp3) is 0.818. The molecule has 0 saturated heterocycles. The third kappa shape index (κ3) is 8.23. The van der Waals surface area contributed by atoms with Crippen molar-refractivity contribution < 1.29 is 19.4 Å². The van der Waals surface area contributed by atoms with Crippen LogP contribution in [0.1, 0.15) is 39.5 Å². The van der Waals surface area contributed by atoms with Crippen molar-refractivity contribution in [3.05, 3.63) is 0 Å². The molecule has 2 unspecified atom stereocenters. The Kier molecular flexibility index (Phi) is 7.54. The van der Waals surface area contributed by atoms with Gasteiger partial charge in [-0.1, -0.05) is 0 Å². The Morgan fingerprint density at radius 1 is 1.25 bits per heavy atom. The lowest BCUT2D eigenvalue weighted by Gasteiger charge is -2.14. The number of carboxylic acids is 1. The summed E-state index contributed by atoms with van der Waals surface area (Å²) in [5, 5.41) is 11.2. The highest BCUT2D eigenvalue weighted by molar-refractivity contribution is 5.76. The fourth-order valence-corrected chi connectivity index (χ4v) is 1.21. The van der Waals surface area contributed by atoms with Crippen molar-refractivity contribution in [1.82, 2.24) is 5.32 Å². The van der Waals surface area contributed by atoms with Gasteiger partial charge in [-0.3, -0.25) is 9.59 Å². The minimum Gasteiger partial charge on any atom is -0.481 e. The van der Waals surface area contributed by atoms with Crippen LogP contribution >= 0.6 is 0 Å². The molecule has 16 heavy (non-hydrogen) atoms. The van der Waals surface area contributed by atoms with Crippen LogP contribution in [0.2, 0.25) is 0 Å². The molecule has 0 radical (unpaired) electrons. The SMILES string of the molecule is COC(C)CCC(=O)NC(C)CCC(=O)O. The minimum absolute atomic E-state index is 0.0539. The maximum absolute atomic E-state index is 11.4. The Labute approximate surface area is 96.2 Å². The molecule has 0 aliphatic rings. The average Bonchev–Trinajstić information content (AvgIpc) is 2.23. The maximum atomic E-state index is 11.4. The summed E-state index contributed by atoms with van der Waals surface area (Å²) in [4.78, 5) is 21.7. The van der Waals surface area contributed by atoms with Crippen LogP contribution in [0.5, 0.6) is 0 Å². The summed E-state index contributed by atoms with van der Waals surface area (Å²) in [6, 6.07) is -0.0959. The normalized spacial score (nSPS) is 14.2. The highest BCUT2D eigenvalue weighted by Crippen LogP contribution is 2.01. The Hall–Kier alpha value is -1.10. The molecule has 0 aromatic carbocycles. The summed E-state index contributed by atoms with van der Waals surface area (Å²) >= 11 is 0. The molecule has 0 heterocycles. The van der Waals surface area contributed by atoms with Gasteiger partial charge in [-0.2, -0.15) is 0 Å². The van der Waals surface area contributed by atoms with Crippen LogP contribution in [-0.2, 0) is 14.3 Å². The molecule has 0 aromatic heterocycles. The molecule has 94 valence electrons. The molecule has 0 fully saturated rings. The molecule has 5 heteroatoms. The first-order chi connectivity index (χ1) is 7.45. The average molecular weight is 231 g/mol. The van der Waals surface area contributed by atoms with Crippen LogP contribution < -0.4 is 5.32 Å². The summed E-state index contributed by atoms with van der Waals surface area (Å²) in [6.45, 7) is 3.71. The van der Waals surface area contributed by atoms with Crippen LogP contribution in [0.4, 0.5) is 0 Å². The Bertz CT molecular complexity index is 230. The van der Waals surface area contributed by atoms with E-state index in [1.165, 1.54) is 0 Å². The molecule has 2 atom stereocenters. The number of ether oxygens (including phenoxy) is 1. The number of carbonyl (C=O) groups is 2. The second-order valence-corrected chi connectivity index (χ2v) is 3.99. The van der Waals surface area contributed by atoms with E-state index in [2.05, 4.69) is 5.32 Å². The highest BCUT2D eigenvalue weighted by atomic mass is 16.5. The van der Waals surface area contributed by atoms with Gasteiger partial charge >= 0.3 is 5.97 Å². The number of carboxylic acid groups (broad SMARTS) is 1. The zero-order chi connectivity index (χ0) is 12.6. The lowest BCUT2D eigenvalue weighted by Crippen LogP contribution is -2.33. The smallest absolute Gasteiger partial charge is 0.303 e. The van der Waals surface area contributed by atoms with Crippen molar-refractivity contribution in [3.8, 4) is 0 Å². The number of nitrogens with one attached hydrogen (secondary N) is 1. The lowest BCUT2D eigenvalue weighted by molar-refractivity contribution is -0.137. The predicted octanol–water partition coefficient (Wildman–Crippen LogP) is 1.17. The monoisotopic (exact) mass is 231 g/mol. The second kappa shape index (κ2) is 8.10. The van der Waals surface area contributed by atoms with E-state index in [0.29, 0.717) is 19.3 Å². The topological polar surface area (TPSA) is 75.6 Å². The number of aliphatic carboxylic acids is 1. The Morgan fingerprint density at radius 3 is 2.38 bits per heavy atom. The number of amides is 1. The third-order valence-corrected chi connectivity index (χ3v) is 2.38. The Balaban J connectivity index is 3.65.